The van der Waals surface area contributed by atoms with Crippen molar-refractivity contribution in [2.75, 3.05) is 4.90 Å². The molecule has 11 aromatic carbocycles. The van der Waals surface area contributed by atoms with Gasteiger partial charge in [0, 0.05) is 26.8 Å². The summed E-state index contributed by atoms with van der Waals surface area (Å²) in [6.07, 6.45) is 0. The van der Waals surface area contributed by atoms with Crippen LogP contribution in [0.15, 0.2) is 224 Å². The van der Waals surface area contributed by atoms with Gasteiger partial charge in [0.25, 0.3) is 0 Å². The Hall–Kier alpha value is -7.52. The van der Waals surface area contributed by atoms with Gasteiger partial charge in [-0.1, -0.05) is 182 Å². The fourth-order valence-corrected chi connectivity index (χ4v) is 10.7. The molecule has 0 aliphatic heterocycles. The highest BCUT2D eigenvalue weighted by Gasteiger charge is 2.21. The average Bonchev–Trinajstić information content (AvgIpc) is 3.71. The Morgan fingerprint density at radius 1 is 0.283 bits per heavy atom. The van der Waals surface area contributed by atoms with Crippen LogP contribution in [0.25, 0.3) is 96.6 Å². The molecular formula is C58H37NS. The lowest BCUT2D eigenvalue weighted by atomic mass is 9.84. The number of hydrogen-bond donors (Lipinski definition) is 0. The second-order valence-electron chi connectivity index (χ2n) is 15.6. The van der Waals surface area contributed by atoms with Gasteiger partial charge in [-0.05, 0) is 119 Å². The number of hydrogen-bond acceptors (Lipinski definition) is 2. The minimum atomic E-state index is 1.12. The van der Waals surface area contributed by atoms with E-state index < -0.39 is 0 Å². The molecule has 2 heteroatoms. The third-order valence-corrected chi connectivity index (χ3v) is 13.4. The predicted molar refractivity (Wildman–Crippen MR) is 260 cm³/mol. The first kappa shape index (κ1) is 34.5. The van der Waals surface area contributed by atoms with Gasteiger partial charge in [-0.2, -0.15) is 0 Å². The summed E-state index contributed by atoms with van der Waals surface area (Å²) in [6, 6.07) is 82.5. The van der Waals surface area contributed by atoms with Gasteiger partial charge in [0.1, 0.15) is 0 Å². The predicted octanol–water partition coefficient (Wildman–Crippen LogP) is 17.1. The van der Waals surface area contributed by atoms with Gasteiger partial charge in [0.2, 0.25) is 0 Å². The molecule has 0 radical (unpaired) electrons. The summed E-state index contributed by atoms with van der Waals surface area (Å²) >= 11 is 1.87. The summed E-state index contributed by atoms with van der Waals surface area (Å²) in [4.78, 5) is 2.45. The van der Waals surface area contributed by atoms with Crippen LogP contribution in [0.3, 0.4) is 0 Å². The molecule has 1 heterocycles. The van der Waals surface area contributed by atoms with Gasteiger partial charge >= 0.3 is 0 Å². The molecule has 1 aromatic heterocycles. The lowest BCUT2D eigenvalue weighted by molar-refractivity contribution is 1.31. The summed E-state index contributed by atoms with van der Waals surface area (Å²) in [5.41, 5.74) is 10.8. The van der Waals surface area contributed by atoms with Crippen LogP contribution in [0.1, 0.15) is 0 Å². The molecule has 0 atom stereocenters. The van der Waals surface area contributed by atoms with Crippen LogP contribution >= 0.6 is 11.3 Å². The molecule has 0 unspecified atom stereocenters. The first-order valence-corrected chi connectivity index (χ1v) is 21.4. The van der Waals surface area contributed by atoms with E-state index in [1.165, 1.54) is 102 Å². The van der Waals surface area contributed by atoms with Crippen molar-refractivity contribution in [1.82, 2.24) is 0 Å². The quantitative estimate of drug-likeness (QED) is 0.152. The summed E-state index contributed by atoms with van der Waals surface area (Å²) in [6.45, 7) is 0. The average molecular weight is 780 g/mol. The van der Waals surface area contributed by atoms with Crippen molar-refractivity contribution >= 4 is 91.7 Å². The molecule has 0 bridgehead atoms. The Morgan fingerprint density at radius 3 is 1.62 bits per heavy atom. The van der Waals surface area contributed by atoms with Gasteiger partial charge < -0.3 is 4.90 Å². The number of nitrogens with zero attached hydrogens (tertiary/aromatic N) is 1. The van der Waals surface area contributed by atoms with Crippen LogP contribution in [0, 0.1) is 0 Å². The fourth-order valence-electron chi connectivity index (χ4n) is 9.46. The monoisotopic (exact) mass is 779 g/mol. The maximum atomic E-state index is 2.45. The van der Waals surface area contributed by atoms with Crippen molar-refractivity contribution in [3.63, 3.8) is 0 Å². The summed E-state index contributed by atoms with van der Waals surface area (Å²) < 4.78 is 2.58. The summed E-state index contributed by atoms with van der Waals surface area (Å²) in [7, 11) is 0. The molecule has 60 heavy (non-hydrogen) atoms. The van der Waals surface area contributed by atoms with Crippen molar-refractivity contribution in [3.05, 3.63) is 224 Å². The number of thiophene rings is 1. The fraction of sp³-hybridized carbons (Fsp3) is 0. The Bertz CT molecular complexity index is 3590. The van der Waals surface area contributed by atoms with Crippen molar-refractivity contribution < 1.29 is 0 Å². The first-order valence-electron chi connectivity index (χ1n) is 20.6. The van der Waals surface area contributed by atoms with Gasteiger partial charge in [-0.3, -0.25) is 0 Å². The first-order chi connectivity index (χ1) is 29.8. The van der Waals surface area contributed by atoms with E-state index >= 15 is 0 Å². The zero-order valence-electron chi connectivity index (χ0n) is 32.7. The van der Waals surface area contributed by atoms with E-state index in [4.69, 9.17) is 0 Å². The Balaban J connectivity index is 1.04. The molecule has 0 fully saturated rings. The summed E-state index contributed by atoms with van der Waals surface area (Å²) in [5, 5.41) is 12.7. The molecule has 0 aliphatic rings. The molecule has 0 aliphatic carbocycles. The lowest BCUT2D eigenvalue weighted by Gasteiger charge is -2.27. The zero-order chi connectivity index (χ0) is 39.6. The molecule has 0 saturated heterocycles. The second-order valence-corrected chi connectivity index (χ2v) is 16.7. The lowest BCUT2D eigenvalue weighted by Crippen LogP contribution is -2.10. The van der Waals surface area contributed by atoms with Crippen LogP contribution in [-0.2, 0) is 0 Å². The van der Waals surface area contributed by atoms with Crippen molar-refractivity contribution in [1.29, 1.82) is 0 Å². The summed E-state index contributed by atoms with van der Waals surface area (Å²) in [5.74, 6) is 0. The molecule has 12 rings (SSSR count). The smallest absolute Gasteiger partial charge is 0.0640 e. The minimum absolute atomic E-state index is 1.12. The van der Waals surface area contributed by atoms with Crippen molar-refractivity contribution in [2.24, 2.45) is 0 Å². The standard InChI is InChI=1S/C58H37NS/c1-3-15-40(16-4-1)56-51-22-10-9-20-48(51)49-34-30-42(37-53(49)57(56)41-17-5-2-6-18-41)38-28-31-44(32-29-38)59(54-24-13-23-52-50-21-11-12-25-55(50)60-58(52)54)45-33-35-47-43(36-45)27-26-39-14-7-8-19-46(39)47/h1-37H. The molecule has 0 N–H and O–H groups in total. The van der Waals surface area contributed by atoms with Gasteiger partial charge in [0.05, 0.1) is 10.4 Å². The van der Waals surface area contributed by atoms with Crippen molar-refractivity contribution in [2.45, 2.75) is 0 Å². The Labute approximate surface area is 352 Å². The topological polar surface area (TPSA) is 3.24 Å². The number of fused-ring (bicyclic) bond motifs is 9. The van der Waals surface area contributed by atoms with E-state index in [9.17, 15) is 0 Å². The molecule has 1 nitrogen and oxygen atoms in total. The maximum Gasteiger partial charge on any atom is 0.0640 e. The zero-order valence-corrected chi connectivity index (χ0v) is 33.5. The van der Waals surface area contributed by atoms with E-state index in [0.29, 0.717) is 0 Å². The maximum absolute atomic E-state index is 2.45. The van der Waals surface area contributed by atoms with E-state index in [1.54, 1.807) is 0 Å². The highest BCUT2D eigenvalue weighted by Crippen LogP contribution is 2.48. The third-order valence-electron chi connectivity index (χ3n) is 12.2. The largest absolute Gasteiger partial charge is 0.309 e. The number of benzene rings is 11. The van der Waals surface area contributed by atoms with E-state index in [2.05, 4.69) is 229 Å². The third kappa shape index (κ3) is 5.61. The van der Waals surface area contributed by atoms with Crippen LogP contribution in [0.5, 0.6) is 0 Å². The van der Waals surface area contributed by atoms with Crippen LogP contribution in [-0.4, -0.2) is 0 Å². The van der Waals surface area contributed by atoms with Gasteiger partial charge in [-0.25, -0.2) is 0 Å². The Morgan fingerprint density at radius 2 is 0.833 bits per heavy atom. The second kappa shape index (κ2) is 14.1. The molecule has 12 aromatic rings. The highest BCUT2D eigenvalue weighted by molar-refractivity contribution is 7.26. The normalized spacial score (nSPS) is 11.7. The molecule has 280 valence electrons. The molecule has 0 saturated carbocycles. The van der Waals surface area contributed by atoms with Crippen LogP contribution in [0.4, 0.5) is 17.1 Å². The highest BCUT2D eigenvalue weighted by atomic mass is 32.1. The van der Waals surface area contributed by atoms with E-state index in [0.717, 1.165) is 11.4 Å². The number of rotatable bonds is 6. The Kier molecular flexibility index (Phi) is 8.11. The SMILES string of the molecule is c1ccc(-c2c(-c3ccccc3)c3cc(-c4ccc(N(c5ccc6c(ccc7ccccc76)c5)c5cccc6c5sc5ccccc56)cc4)ccc3c3ccccc23)cc1. The van der Waals surface area contributed by atoms with E-state index in [-0.39, 0.29) is 0 Å². The molecule has 0 amide bonds. The van der Waals surface area contributed by atoms with Gasteiger partial charge in [0.15, 0.2) is 0 Å². The minimum Gasteiger partial charge on any atom is -0.309 e. The molecular weight excluding hydrogens is 743 g/mol. The van der Waals surface area contributed by atoms with Crippen LogP contribution < -0.4 is 4.90 Å². The van der Waals surface area contributed by atoms with Crippen LogP contribution in [0.2, 0.25) is 0 Å². The number of anilines is 3. The van der Waals surface area contributed by atoms with E-state index in [1.807, 2.05) is 11.3 Å². The molecule has 0 spiro atoms. The van der Waals surface area contributed by atoms with Crippen molar-refractivity contribution in [3.8, 4) is 33.4 Å². The van der Waals surface area contributed by atoms with Gasteiger partial charge in [-0.15, -0.1) is 11.3 Å².